The second-order valence-electron chi connectivity index (χ2n) is 19.1. The van der Waals surface area contributed by atoms with Gasteiger partial charge in [0.05, 0.1) is 46.4 Å². The van der Waals surface area contributed by atoms with Crippen LogP contribution in [0, 0.1) is 13.1 Å². The van der Waals surface area contributed by atoms with Gasteiger partial charge in [-0.3, -0.25) is 9.80 Å². The van der Waals surface area contributed by atoms with Crippen molar-refractivity contribution >= 4 is 43.2 Å². The van der Waals surface area contributed by atoms with Crippen LogP contribution in [0.3, 0.4) is 0 Å². The van der Waals surface area contributed by atoms with Crippen molar-refractivity contribution in [2.45, 2.75) is 52.1 Å². The van der Waals surface area contributed by atoms with Gasteiger partial charge in [-0.25, -0.2) is 18.8 Å². The first-order valence-corrected chi connectivity index (χ1v) is 27.6. The molecule has 0 aliphatic rings. The van der Waals surface area contributed by atoms with E-state index in [-0.39, 0.29) is 0 Å². The Balaban J connectivity index is 0.000000192. The molecule has 0 saturated heterocycles. The summed E-state index contributed by atoms with van der Waals surface area (Å²) < 4.78 is 20.3. The number of rotatable bonds is 22. The summed E-state index contributed by atoms with van der Waals surface area (Å²) in [6.45, 7) is 20.6. The Morgan fingerprint density at radius 1 is 0.481 bits per heavy atom. The summed E-state index contributed by atoms with van der Waals surface area (Å²) in [5.41, 5.74) is 8.60. The Bertz CT molecular complexity index is 3540. The fraction of sp³-hybridized carbons (Fsp3) is 0.169. The second kappa shape index (κ2) is 28.2. The number of aryl methyl sites for hydroxylation is 1. The first kappa shape index (κ1) is 55.3. The van der Waals surface area contributed by atoms with Crippen LogP contribution in [0.2, 0.25) is 0 Å². The molecule has 12 nitrogen and oxygen atoms in total. The van der Waals surface area contributed by atoms with Crippen molar-refractivity contribution in [2.24, 2.45) is 7.05 Å². The highest BCUT2D eigenvalue weighted by Crippen LogP contribution is 2.25. The molecule has 0 aliphatic carbocycles. The third kappa shape index (κ3) is 17.2. The molecule has 0 unspecified atom stereocenters. The zero-order valence-electron chi connectivity index (χ0n) is 44.0. The molecule has 14 heteroatoms. The number of hydrogen-bond donors (Lipinski definition) is 1. The summed E-state index contributed by atoms with van der Waals surface area (Å²) in [6.07, 6.45) is 5.74. The average Bonchev–Trinajstić information content (AvgIpc) is 4.08. The summed E-state index contributed by atoms with van der Waals surface area (Å²) in [7, 11) is 1.96. The van der Waals surface area contributed by atoms with Gasteiger partial charge < -0.3 is 9.47 Å². The molecule has 10 rings (SSSR count). The van der Waals surface area contributed by atoms with Gasteiger partial charge in [-0.2, -0.15) is 0 Å². The summed E-state index contributed by atoms with van der Waals surface area (Å²) in [5, 5.41) is 12.3. The first-order valence-electron chi connectivity index (χ1n) is 26.0. The number of ether oxygens (including phenoxy) is 2. The molecular weight excluding hydrogens is 1110 g/mol. The lowest BCUT2D eigenvalue weighted by atomic mass is 10.1. The zero-order valence-corrected chi connectivity index (χ0v) is 47.1. The molecule has 2 aromatic heterocycles. The third-order valence-corrected chi connectivity index (χ3v) is 14.2. The number of H-pyrrole nitrogens is 1. The Hall–Kier alpha value is -8.50. The fourth-order valence-corrected chi connectivity index (χ4v) is 9.44. The van der Waals surface area contributed by atoms with E-state index in [1.165, 1.54) is 22.3 Å². The molecule has 1 N–H and O–H groups in total. The van der Waals surface area contributed by atoms with E-state index in [0.29, 0.717) is 31.0 Å². The highest BCUT2D eigenvalue weighted by Gasteiger charge is 2.21. The van der Waals surface area contributed by atoms with E-state index in [9.17, 15) is 0 Å². The maximum absolute atomic E-state index is 7.21. The van der Waals surface area contributed by atoms with Gasteiger partial charge in [0.1, 0.15) is 23.0 Å². The summed E-state index contributed by atoms with van der Waals surface area (Å²) >= 11 is 7.07. The van der Waals surface area contributed by atoms with Crippen LogP contribution < -0.4 is 18.6 Å². The van der Waals surface area contributed by atoms with Gasteiger partial charge in [-0.05, 0) is 119 Å². The minimum Gasteiger partial charge on any atom is -0.457 e. The van der Waals surface area contributed by atoms with Gasteiger partial charge in [0.15, 0.2) is 11.4 Å². The minimum absolute atomic E-state index is 0.649. The summed E-state index contributed by atoms with van der Waals surface area (Å²) in [6, 6.07) is 68.9. The molecule has 394 valence electrons. The second-order valence-corrected chi connectivity index (χ2v) is 20.9. The summed E-state index contributed by atoms with van der Waals surface area (Å²) in [4.78, 5) is 11.9. The lowest BCUT2D eigenvalue weighted by Gasteiger charge is -2.21. The molecule has 0 fully saturated rings. The van der Waals surface area contributed by atoms with Crippen molar-refractivity contribution in [3.63, 3.8) is 0 Å². The van der Waals surface area contributed by atoms with E-state index >= 15 is 0 Å². The van der Waals surface area contributed by atoms with Crippen molar-refractivity contribution in [3.05, 3.63) is 296 Å². The number of aromatic amines is 1. The van der Waals surface area contributed by atoms with E-state index in [4.69, 9.17) is 27.7 Å². The minimum atomic E-state index is 0.649. The maximum Gasteiger partial charge on any atom is 0.291 e. The molecular formula is C65H60Br2N10O2+2. The lowest BCUT2D eigenvalue weighted by Crippen LogP contribution is -2.40. The monoisotopic (exact) mass is 1170 g/mol. The molecule has 0 spiro atoms. The van der Waals surface area contributed by atoms with Gasteiger partial charge in [-0.15, -0.1) is 9.78 Å². The van der Waals surface area contributed by atoms with E-state index in [2.05, 4.69) is 143 Å². The number of halogens is 2. The van der Waals surface area contributed by atoms with Crippen LogP contribution >= 0.6 is 31.9 Å². The molecule has 8 aromatic carbocycles. The predicted octanol–water partition coefficient (Wildman–Crippen LogP) is 14.2. The molecule has 0 bridgehead atoms. The van der Waals surface area contributed by atoms with Crippen LogP contribution in [0.4, 0.5) is 11.4 Å². The molecule has 79 heavy (non-hydrogen) atoms. The Labute approximate surface area is 479 Å². The standard InChI is InChI=1S/C33H31BrN5O.C32H28BrN5O/c1-35-30-16-10-28(11-17-30)23-39-25-37(2)36-33(39)24-38(21-20-26-8-14-29(34)15-9-26)22-27-12-18-32(19-13-27)40-31-6-4-3-5-7-31;1-34-29-15-9-27(10-16-29)22-38-24-35-36-32(38)23-37(20-19-25-7-13-28(33)14-8-25)21-26-11-17-31(18-12-26)39-30-5-3-2-4-6-30/h3-19,25H,20-24H2,2H3;2-18,24H,19-23H2/q+1;/p+1. The fourth-order valence-electron chi connectivity index (χ4n) is 8.91. The zero-order chi connectivity index (χ0) is 54.6. The Morgan fingerprint density at radius 3 is 1.34 bits per heavy atom. The van der Waals surface area contributed by atoms with Crippen molar-refractivity contribution in [2.75, 3.05) is 13.1 Å². The average molecular weight is 1170 g/mol. The van der Waals surface area contributed by atoms with Crippen LogP contribution in [0.15, 0.2) is 228 Å². The van der Waals surface area contributed by atoms with Crippen LogP contribution in [0.1, 0.15) is 45.0 Å². The molecule has 0 radical (unpaired) electrons. The Kier molecular flexibility index (Phi) is 19.7. The number of hydrogen-bond acceptors (Lipinski definition) is 6. The van der Waals surface area contributed by atoms with Crippen molar-refractivity contribution in [1.82, 2.24) is 29.8 Å². The van der Waals surface area contributed by atoms with Crippen LogP contribution in [0.5, 0.6) is 23.0 Å². The number of nitrogens with one attached hydrogen (secondary N) is 1. The van der Waals surface area contributed by atoms with E-state index in [1.54, 1.807) is 0 Å². The quantitative estimate of drug-likeness (QED) is 0.0537. The highest BCUT2D eigenvalue weighted by molar-refractivity contribution is 9.10. The normalized spacial score (nSPS) is 10.9. The number of para-hydroxylation sites is 2. The van der Waals surface area contributed by atoms with Gasteiger partial charge in [-0.1, -0.05) is 165 Å². The molecule has 2 heterocycles. The van der Waals surface area contributed by atoms with E-state index < -0.39 is 0 Å². The maximum atomic E-state index is 7.21. The van der Waals surface area contributed by atoms with Crippen LogP contribution in [-0.4, -0.2) is 42.9 Å². The smallest absolute Gasteiger partial charge is 0.291 e. The lowest BCUT2D eigenvalue weighted by molar-refractivity contribution is -0.697. The highest BCUT2D eigenvalue weighted by atomic mass is 79.9. The van der Waals surface area contributed by atoms with Crippen LogP contribution in [-0.2, 0) is 59.2 Å². The molecule has 0 saturated carbocycles. The number of benzene rings is 8. The third-order valence-electron chi connectivity index (χ3n) is 13.1. The molecule has 10 aromatic rings. The molecule has 0 atom stereocenters. The molecule has 0 amide bonds. The van der Waals surface area contributed by atoms with Gasteiger partial charge in [0.25, 0.3) is 12.2 Å². The first-order chi connectivity index (χ1) is 38.7. The SMILES string of the molecule is [C-]#[N+]c1ccc(C[n+]2cn(C)nc2CN(CCc2ccc(Br)cc2)Cc2ccc(Oc3ccccc3)cc2)cc1.[C-]#[N+]c1ccc(C[n+]2cn[nH]c2CN(CCc2ccc(Br)cc2)Cc2ccc(Oc3ccccc3)cc2)cc1. The topological polar surface area (TPSA) is 87.9 Å². The van der Waals surface area contributed by atoms with E-state index in [0.717, 1.165) is 100 Å². The number of aromatic nitrogens is 6. The van der Waals surface area contributed by atoms with Gasteiger partial charge in [0, 0.05) is 45.3 Å². The largest absolute Gasteiger partial charge is 0.457 e. The number of nitrogens with zero attached hydrogens (tertiary/aromatic N) is 9. The van der Waals surface area contributed by atoms with Crippen LogP contribution in [0.25, 0.3) is 9.69 Å². The van der Waals surface area contributed by atoms with Gasteiger partial charge in [0.2, 0.25) is 12.2 Å². The van der Waals surface area contributed by atoms with Crippen molar-refractivity contribution in [3.8, 4) is 23.0 Å². The molecule has 0 aliphatic heterocycles. The van der Waals surface area contributed by atoms with E-state index in [1.807, 2.05) is 158 Å². The van der Waals surface area contributed by atoms with Crippen molar-refractivity contribution in [1.29, 1.82) is 0 Å². The summed E-state index contributed by atoms with van der Waals surface area (Å²) in [5.74, 6) is 5.33. The predicted molar refractivity (Wildman–Crippen MR) is 316 cm³/mol. The van der Waals surface area contributed by atoms with Crippen molar-refractivity contribution < 1.29 is 18.6 Å². The Morgan fingerprint density at radius 2 is 0.886 bits per heavy atom. The van der Waals surface area contributed by atoms with Gasteiger partial charge >= 0.3 is 0 Å².